The molecule has 0 amide bonds. The zero-order valence-corrected chi connectivity index (χ0v) is 9.32. The van der Waals surface area contributed by atoms with Gasteiger partial charge in [0.2, 0.25) is 9.76 Å². The first-order valence-corrected chi connectivity index (χ1v) is 5.13. The molecule has 0 heterocycles. The van der Waals surface area contributed by atoms with Gasteiger partial charge in [-0.3, -0.25) is 0 Å². The third kappa shape index (κ3) is 7.15. The summed E-state index contributed by atoms with van der Waals surface area (Å²) >= 11 is 0. The summed E-state index contributed by atoms with van der Waals surface area (Å²) in [7, 11) is 0.276. The number of aliphatic hydroxyl groups is 3. The SMILES string of the molecule is CC(C)(C)[Si]OC[C@H](O)[C@@H](O)CO. The van der Waals surface area contributed by atoms with Crippen LogP contribution in [0, 0.1) is 0 Å². The Morgan fingerprint density at radius 2 is 1.77 bits per heavy atom. The van der Waals surface area contributed by atoms with E-state index in [-0.39, 0.29) is 21.4 Å². The van der Waals surface area contributed by atoms with Gasteiger partial charge in [0.15, 0.2) is 0 Å². The van der Waals surface area contributed by atoms with Gasteiger partial charge in [-0.05, 0) is 5.04 Å². The van der Waals surface area contributed by atoms with Gasteiger partial charge in [0.05, 0.1) is 13.2 Å². The van der Waals surface area contributed by atoms with Crippen molar-refractivity contribution in [3.63, 3.8) is 0 Å². The Bertz CT molecular complexity index is 135. The first-order valence-electron chi connectivity index (χ1n) is 4.23. The lowest BCUT2D eigenvalue weighted by Crippen LogP contribution is -2.34. The highest BCUT2D eigenvalue weighted by Gasteiger charge is 2.18. The smallest absolute Gasteiger partial charge is 0.235 e. The monoisotopic (exact) mass is 206 g/mol. The van der Waals surface area contributed by atoms with Crippen LogP contribution in [0.15, 0.2) is 0 Å². The van der Waals surface area contributed by atoms with E-state index in [1.165, 1.54) is 0 Å². The summed E-state index contributed by atoms with van der Waals surface area (Å²) < 4.78 is 5.19. The number of hydrogen-bond acceptors (Lipinski definition) is 4. The van der Waals surface area contributed by atoms with E-state index < -0.39 is 18.8 Å². The van der Waals surface area contributed by atoms with Crippen molar-refractivity contribution in [2.75, 3.05) is 13.2 Å². The van der Waals surface area contributed by atoms with Crippen molar-refractivity contribution in [1.82, 2.24) is 0 Å². The topological polar surface area (TPSA) is 69.9 Å². The molecule has 4 nitrogen and oxygen atoms in total. The van der Waals surface area contributed by atoms with Gasteiger partial charge in [-0.2, -0.15) is 0 Å². The van der Waals surface area contributed by atoms with Gasteiger partial charge >= 0.3 is 0 Å². The maximum Gasteiger partial charge on any atom is 0.235 e. The second kappa shape index (κ2) is 5.72. The summed E-state index contributed by atoms with van der Waals surface area (Å²) in [5, 5.41) is 26.7. The van der Waals surface area contributed by atoms with Crippen LogP contribution in [-0.4, -0.2) is 50.5 Å². The summed E-state index contributed by atoms with van der Waals surface area (Å²) in [5.41, 5.74) is 0. The van der Waals surface area contributed by atoms with Crippen molar-refractivity contribution in [3.05, 3.63) is 0 Å². The van der Waals surface area contributed by atoms with Crippen molar-refractivity contribution < 1.29 is 19.7 Å². The molecule has 0 saturated carbocycles. The molecule has 78 valence electrons. The van der Waals surface area contributed by atoms with Crippen molar-refractivity contribution >= 4 is 9.76 Å². The lowest BCUT2D eigenvalue weighted by molar-refractivity contribution is -0.0341. The molecule has 0 spiro atoms. The van der Waals surface area contributed by atoms with Crippen LogP contribution < -0.4 is 0 Å². The van der Waals surface area contributed by atoms with Gasteiger partial charge in [0.1, 0.15) is 12.2 Å². The minimum atomic E-state index is -1.11. The fourth-order valence-corrected chi connectivity index (χ4v) is 1.26. The first-order chi connectivity index (χ1) is 5.87. The molecule has 0 aromatic carbocycles. The Balaban J connectivity index is 3.53. The van der Waals surface area contributed by atoms with E-state index in [0.29, 0.717) is 0 Å². The van der Waals surface area contributed by atoms with E-state index in [4.69, 9.17) is 14.6 Å². The molecule has 0 aromatic rings. The third-order valence-corrected chi connectivity index (χ3v) is 2.19. The van der Waals surface area contributed by atoms with Crippen LogP contribution >= 0.6 is 0 Å². The molecule has 0 bridgehead atoms. The minimum absolute atomic E-state index is 0.0669. The predicted octanol–water partition coefficient (Wildman–Crippen LogP) is -0.445. The fourth-order valence-electron chi connectivity index (χ4n) is 0.576. The van der Waals surface area contributed by atoms with Crippen molar-refractivity contribution in [1.29, 1.82) is 0 Å². The molecule has 0 fully saturated rings. The second-order valence-electron chi connectivity index (χ2n) is 3.98. The fraction of sp³-hybridized carbons (Fsp3) is 1.00. The molecule has 0 aliphatic carbocycles. The molecule has 0 saturated heterocycles. The molecular formula is C8H18O4Si. The average Bonchev–Trinajstić information content (AvgIpc) is 2.00. The highest BCUT2D eigenvalue weighted by Crippen LogP contribution is 2.19. The summed E-state index contributed by atoms with van der Waals surface area (Å²) in [4.78, 5) is 0. The summed E-state index contributed by atoms with van der Waals surface area (Å²) in [6.45, 7) is 5.71. The molecule has 13 heavy (non-hydrogen) atoms. The first kappa shape index (κ1) is 13.1. The second-order valence-corrected chi connectivity index (χ2v) is 5.97. The van der Waals surface area contributed by atoms with Crippen LogP contribution in [0.4, 0.5) is 0 Å². The molecule has 0 aliphatic heterocycles. The van der Waals surface area contributed by atoms with Crippen molar-refractivity contribution in [3.8, 4) is 0 Å². The molecule has 0 rings (SSSR count). The molecule has 0 aliphatic rings. The maximum atomic E-state index is 9.18. The maximum absolute atomic E-state index is 9.18. The zero-order valence-electron chi connectivity index (χ0n) is 8.32. The predicted molar refractivity (Wildman–Crippen MR) is 50.5 cm³/mol. The van der Waals surface area contributed by atoms with Gasteiger partial charge in [-0.15, -0.1) is 0 Å². The van der Waals surface area contributed by atoms with Crippen molar-refractivity contribution in [2.24, 2.45) is 0 Å². The van der Waals surface area contributed by atoms with Crippen LogP contribution in [0.1, 0.15) is 20.8 Å². The van der Waals surface area contributed by atoms with E-state index >= 15 is 0 Å². The van der Waals surface area contributed by atoms with Gasteiger partial charge < -0.3 is 19.7 Å². The Morgan fingerprint density at radius 1 is 1.23 bits per heavy atom. The van der Waals surface area contributed by atoms with Gasteiger partial charge in [0.25, 0.3) is 0 Å². The molecule has 5 heteroatoms. The summed E-state index contributed by atoms with van der Waals surface area (Å²) in [6, 6.07) is 0. The van der Waals surface area contributed by atoms with E-state index in [2.05, 4.69) is 0 Å². The normalized spacial score (nSPS) is 17.1. The third-order valence-electron chi connectivity index (χ3n) is 1.26. The Kier molecular flexibility index (Phi) is 5.74. The Labute approximate surface area is 81.5 Å². The lowest BCUT2D eigenvalue weighted by Gasteiger charge is -2.19. The average molecular weight is 206 g/mol. The molecular weight excluding hydrogens is 188 g/mol. The van der Waals surface area contributed by atoms with E-state index in [9.17, 15) is 5.11 Å². The molecule has 0 unspecified atom stereocenters. The number of hydrogen-bond donors (Lipinski definition) is 3. The van der Waals surface area contributed by atoms with Gasteiger partial charge in [-0.25, -0.2) is 0 Å². The van der Waals surface area contributed by atoms with Crippen LogP contribution in [0.2, 0.25) is 5.04 Å². The van der Waals surface area contributed by atoms with E-state index in [1.807, 2.05) is 20.8 Å². The Morgan fingerprint density at radius 3 is 2.15 bits per heavy atom. The zero-order chi connectivity index (χ0) is 10.5. The highest BCUT2D eigenvalue weighted by molar-refractivity contribution is 6.31. The molecule has 2 radical (unpaired) electrons. The number of rotatable bonds is 5. The van der Waals surface area contributed by atoms with Gasteiger partial charge in [-0.1, -0.05) is 20.8 Å². The standard InChI is InChI=1S/C8H18O4Si/c1-8(2,3)13-12-5-7(11)6(10)4-9/h6-7,9-11H,4-5H2,1-3H3/t6-,7-/m0/s1. The van der Waals surface area contributed by atoms with E-state index in [1.54, 1.807) is 0 Å². The van der Waals surface area contributed by atoms with Crippen LogP contribution in [0.3, 0.4) is 0 Å². The molecule has 3 N–H and O–H groups in total. The quantitative estimate of drug-likeness (QED) is 0.533. The summed E-state index contributed by atoms with van der Waals surface area (Å²) in [6.07, 6.45) is -2.11. The minimum Gasteiger partial charge on any atom is -0.414 e. The summed E-state index contributed by atoms with van der Waals surface area (Å²) in [5.74, 6) is 0. The molecule has 2 atom stereocenters. The lowest BCUT2D eigenvalue weighted by atomic mass is 10.2. The highest BCUT2D eigenvalue weighted by atomic mass is 28.2. The largest absolute Gasteiger partial charge is 0.414 e. The van der Waals surface area contributed by atoms with Crippen LogP contribution in [0.25, 0.3) is 0 Å². The van der Waals surface area contributed by atoms with Crippen LogP contribution in [0.5, 0.6) is 0 Å². The number of aliphatic hydroxyl groups excluding tert-OH is 3. The van der Waals surface area contributed by atoms with E-state index in [0.717, 1.165) is 0 Å². The molecule has 0 aromatic heterocycles. The van der Waals surface area contributed by atoms with Crippen molar-refractivity contribution in [2.45, 2.75) is 38.0 Å². The van der Waals surface area contributed by atoms with Gasteiger partial charge in [0, 0.05) is 0 Å². The Hall–Kier alpha value is 0.0569. The van der Waals surface area contributed by atoms with Crippen LogP contribution in [-0.2, 0) is 4.43 Å².